The van der Waals surface area contributed by atoms with E-state index < -0.39 is 26.7 Å². The number of halogens is 3. The molecule has 2 aromatic rings. The fourth-order valence-corrected chi connectivity index (χ4v) is 3.03. The predicted molar refractivity (Wildman–Crippen MR) is 71.9 cm³/mol. The summed E-state index contributed by atoms with van der Waals surface area (Å²) in [5.74, 6) is 0. The largest absolute Gasteiger partial charge is 0.417 e. The molecule has 0 atom stereocenters. The minimum atomic E-state index is -4.72. The van der Waals surface area contributed by atoms with E-state index in [0.29, 0.717) is 5.56 Å². The fourth-order valence-electron chi connectivity index (χ4n) is 1.79. The van der Waals surface area contributed by atoms with E-state index in [1.165, 1.54) is 6.07 Å². The summed E-state index contributed by atoms with van der Waals surface area (Å²) in [4.78, 5) is -0.770. The monoisotopic (exact) mass is 315 g/mol. The van der Waals surface area contributed by atoms with Crippen LogP contribution in [0.2, 0.25) is 0 Å². The van der Waals surface area contributed by atoms with Gasteiger partial charge in [0, 0.05) is 6.54 Å². The predicted octanol–water partition coefficient (Wildman–Crippen LogP) is 3.18. The first-order valence-corrected chi connectivity index (χ1v) is 7.49. The van der Waals surface area contributed by atoms with Crippen LogP contribution >= 0.6 is 0 Å². The van der Waals surface area contributed by atoms with Gasteiger partial charge in [0.05, 0.1) is 10.5 Å². The molecule has 0 saturated carbocycles. The first kappa shape index (κ1) is 15.5. The van der Waals surface area contributed by atoms with Crippen molar-refractivity contribution in [1.82, 2.24) is 4.72 Å². The van der Waals surface area contributed by atoms with Gasteiger partial charge in [-0.25, -0.2) is 13.1 Å². The SMILES string of the molecule is O=S(=O)(NCc1ccccc1)c1ccccc1C(F)(F)F. The van der Waals surface area contributed by atoms with E-state index in [1.54, 1.807) is 30.3 Å². The van der Waals surface area contributed by atoms with Crippen molar-refractivity contribution >= 4 is 10.0 Å². The second-order valence-electron chi connectivity index (χ2n) is 4.30. The lowest BCUT2D eigenvalue weighted by Crippen LogP contribution is -2.26. The molecule has 7 heteroatoms. The van der Waals surface area contributed by atoms with Crippen LogP contribution in [0, 0.1) is 0 Å². The van der Waals surface area contributed by atoms with Gasteiger partial charge in [-0.3, -0.25) is 0 Å². The van der Waals surface area contributed by atoms with Gasteiger partial charge in [-0.1, -0.05) is 42.5 Å². The van der Waals surface area contributed by atoms with Gasteiger partial charge in [0.1, 0.15) is 0 Å². The molecule has 1 N–H and O–H groups in total. The van der Waals surface area contributed by atoms with E-state index in [4.69, 9.17) is 0 Å². The molecule has 0 amide bonds. The van der Waals surface area contributed by atoms with Crippen LogP contribution in [0.1, 0.15) is 11.1 Å². The van der Waals surface area contributed by atoms with E-state index in [9.17, 15) is 21.6 Å². The van der Waals surface area contributed by atoms with Crippen LogP contribution in [0.4, 0.5) is 13.2 Å². The highest BCUT2D eigenvalue weighted by Gasteiger charge is 2.36. The molecular formula is C14H12F3NO2S. The van der Waals surface area contributed by atoms with Crippen molar-refractivity contribution in [1.29, 1.82) is 0 Å². The number of alkyl halides is 3. The van der Waals surface area contributed by atoms with Crippen molar-refractivity contribution in [2.45, 2.75) is 17.6 Å². The topological polar surface area (TPSA) is 46.2 Å². The molecule has 3 nitrogen and oxygen atoms in total. The summed E-state index contributed by atoms with van der Waals surface area (Å²) in [6.07, 6.45) is -4.72. The van der Waals surface area contributed by atoms with Gasteiger partial charge in [0.15, 0.2) is 0 Å². The molecule has 0 bridgehead atoms. The lowest BCUT2D eigenvalue weighted by Gasteiger charge is -2.13. The number of benzene rings is 2. The van der Waals surface area contributed by atoms with Gasteiger partial charge in [-0.05, 0) is 17.7 Å². The normalized spacial score (nSPS) is 12.3. The Morgan fingerprint density at radius 2 is 1.48 bits per heavy atom. The number of sulfonamides is 1. The van der Waals surface area contributed by atoms with Gasteiger partial charge < -0.3 is 0 Å². The summed E-state index contributed by atoms with van der Waals surface area (Å²) in [6.45, 7) is -0.0740. The summed E-state index contributed by atoms with van der Waals surface area (Å²) in [7, 11) is -4.24. The lowest BCUT2D eigenvalue weighted by molar-refractivity contribution is -0.139. The van der Waals surface area contributed by atoms with Crippen molar-refractivity contribution in [3.63, 3.8) is 0 Å². The molecule has 0 saturated heterocycles. The van der Waals surface area contributed by atoms with Crippen LogP contribution in [0.25, 0.3) is 0 Å². The Bertz CT molecular complexity index is 712. The molecule has 2 rings (SSSR count). The quantitative estimate of drug-likeness (QED) is 0.942. The smallest absolute Gasteiger partial charge is 0.207 e. The maximum atomic E-state index is 12.8. The molecule has 0 aromatic heterocycles. The Hall–Kier alpha value is -1.86. The maximum Gasteiger partial charge on any atom is 0.417 e. The van der Waals surface area contributed by atoms with Gasteiger partial charge in [0.2, 0.25) is 10.0 Å². The standard InChI is InChI=1S/C14H12F3NO2S/c15-14(16,17)12-8-4-5-9-13(12)21(19,20)18-10-11-6-2-1-3-7-11/h1-9,18H,10H2. The highest BCUT2D eigenvalue weighted by molar-refractivity contribution is 7.89. The number of hydrogen-bond acceptors (Lipinski definition) is 2. The van der Waals surface area contributed by atoms with Gasteiger partial charge >= 0.3 is 6.18 Å². The van der Waals surface area contributed by atoms with Crippen LogP contribution in [0.15, 0.2) is 59.5 Å². The second-order valence-corrected chi connectivity index (χ2v) is 6.04. The van der Waals surface area contributed by atoms with E-state index >= 15 is 0 Å². The zero-order valence-corrected chi connectivity index (χ0v) is 11.6. The number of nitrogens with one attached hydrogen (secondary N) is 1. The molecule has 0 aliphatic rings. The highest BCUT2D eigenvalue weighted by atomic mass is 32.2. The third-order valence-electron chi connectivity index (χ3n) is 2.79. The van der Waals surface area contributed by atoms with Crippen LogP contribution < -0.4 is 4.72 Å². The van der Waals surface area contributed by atoms with Crippen LogP contribution in [0.3, 0.4) is 0 Å². The van der Waals surface area contributed by atoms with Crippen molar-refractivity contribution in [2.24, 2.45) is 0 Å². The van der Waals surface area contributed by atoms with Crippen molar-refractivity contribution in [2.75, 3.05) is 0 Å². The van der Waals surface area contributed by atoms with Gasteiger partial charge in [0.25, 0.3) is 0 Å². The molecule has 0 aliphatic heterocycles. The zero-order valence-electron chi connectivity index (χ0n) is 10.8. The molecule has 0 heterocycles. The zero-order chi connectivity index (χ0) is 15.5. The average Bonchev–Trinajstić information content (AvgIpc) is 2.45. The minimum Gasteiger partial charge on any atom is -0.207 e. The molecule has 112 valence electrons. The molecule has 2 aromatic carbocycles. The Balaban J connectivity index is 2.29. The molecule has 0 unspecified atom stereocenters. The summed E-state index contributed by atoms with van der Waals surface area (Å²) in [5, 5.41) is 0. The van der Waals surface area contributed by atoms with E-state index in [0.717, 1.165) is 18.2 Å². The molecule has 21 heavy (non-hydrogen) atoms. The minimum absolute atomic E-state index is 0.0740. The molecule has 0 spiro atoms. The molecule has 0 fully saturated rings. The summed E-state index contributed by atoms with van der Waals surface area (Å²) in [5.41, 5.74) is -0.517. The molecule has 0 aliphatic carbocycles. The first-order chi connectivity index (χ1) is 9.81. The Morgan fingerprint density at radius 1 is 0.905 bits per heavy atom. The average molecular weight is 315 g/mol. The second kappa shape index (κ2) is 5.87. The van der Waals surface area contributed by atoms with Crippen LogP contribution in [-0.2, 0) is 22.7 Å². The number of hydrogen-bond donors (Lipinski definition) is 1. The molecular weight excluding hydrogens is 303 g/mol. The number of rotatable bonds is 4. The van der Waals surface area contributed by atoms with E-state index in [2.05, 4.69) is 4.72 Å². The van der Waals surface area contributed by atoms with Crippen molar-refractivity contribution < 1.29 is 21.6 Å². The first-order valence-electron chi connectivity index (χ1n) is 6.00. The van der Waals surface area contributed by atoms with Crippen LogP contribution in [0.5, 0.6) is 0 Å². The van der Waals surface area contributed by atoms with Crippen LogP contribution in [-0.4, -0.2) is 8.42 Å². The summed E-state index contributed by atoms with van der Waals surface area (Å²) in [6, 6.07) is 12.6. The third-order valence-corrected chi connectivity index (χ3v) is 4.25. The van der Waals surface area contributed by atoms with E-state index in [1.807, 2.05) is 0 Å². The highest BCUT2D eigenvalue weighted by Crippen LogP contribution is 2.33. The molecule has 0 radical (unpaired) electrons. The maximum absolute atomic E-state index is 12.8. The van der Waals surface area contributed by atoms with E-state index in [-0.39, 0.29) is 6.54 Å². The van der Waals surface area contributed by atoms with Crippen molar-refractivity contribution in [3.05, 3.63) is 65.7 Å². The Kier molecular flexibility index (Phi) is 4.34. The summed E-state index contributed by atoms with van der Waals surface area (Å²) < 4.78 is 64.8. The third kappa shape index (κ3) is 3.83. The Labute approximate surface area is 120 Å². The fraction of sp³-hybridized carbons (Fsp3) is 0.143. The summed E-state index contributed by atoms with van der Waals surface area (Å²) >= 11 is 0. The lowest BCUT2D eigenvalue weighted by atomic mass is 10.2. The van der Waals surface area contributed by atoms with Gasteiger partial charge in [-0.15, -0.1) is 0 Å². The Morgan fingerprint density at radius 3 is 2.10 bits per heavy atom. The van der Waals surface area contributed by atoms with Crippen molar-refractivity contribution in [3.8, 4) is 0 Å². The van der Waals surface area contributed by atoms with Gasteiger partial charge in [-0.2, -0.15) is 13.2 Å².